The van der Waals surface area contributed by atoms with Crippen LogP contribution in [0.15, 0.2) is 53.0 Å². The number of allylic oxidation sites excluding steroid dienone is 4. The summed E-state index contributed by atoms with van der Waals surface area (Å²) in [5.74, 6) is 0. The van der Waals surface area contributed by atoms with Crippen LogP contribution in [0.5, 0.6) is 0 Å². The first-order valence-electron chi connectivity index (χ1n) is 5.55. The number of aryl methyl sites for hydroxylation is 1. The SMILES string of the molecule is Cc1cc2c(Br)cccc2[cH-]1.F.F.[C-]1=CC=CC1.[CH3-].[CH3-].[Si]=[Zr]. The summed E-state index contributed by atoms with van der Waals surface area (Å²) in [7, 11) is 0. The second kappa shape index (κ2) is 17.1. The number of hydrogen-bond donors (Lipinski definition) is 0. The molecule has 1 aliphatic carbocycles. The molecule has 0 saturated heterocycles. The normalized spacial score (nSPS) is 9.50. The molecule has 2 radical (unpaired) electrons. The molecule has 1 aliphatic rings. The predicted molar refractivity (Wildman–Crippen MR) is 97.1 cm³/mol. The van der Waals surface area contributed by atoms with Gasteiger partial charge < -0.3 is 14.9 Å². The number of hydrogen-bond acceptors (Lipinski definition) is 0. The van der Waals surface area contributed by atoms with Crippen molar-refractivity contribution in [2.45, 2.75) is 13.3 Å². The minimum atomic E-state index is 0. The Morgan fingerprint density at radius 1 is 1.23 bits per heavy atom. The van der Waals surface area contributed by atoms with Gasteiger partial charge in [0.2, 0.25) is 0 Å². The van der Waals surface area contributed by atoms with Crippen LogP contribution in [-0.2, 0) is 23.3 Å². The number of halogens is 3. The second-order valence-corrected chi connectivity index (χ2v) is 4.63. The van der Waals surface area contributed by atoms with Crippen LogP contribution in [0.25, 0.3) is 10.8 Å². The van der Waals surface area contributed by atoms with Gasteiger partial charge >= 0.3 is 30.2 Å². The van der Waals surface area contributed by atoms with E-state index in [-0.39, 0.29) is 24.3 Å². The van der Waals surface area contributed by atoms with Crippen molar-refractivity contribution in [2.75, 3.05) is 0 Å². The Balaban J connectivity index is -0.000000129. The summed E-state index contributed by atoms with van der Waals surface area (Å²) >= 11 is 4.87. The quantitative estimate of drug-likeness (QED) is 0.345. The molecule has 0 aliphatic heterocycles. The molecule has 0 nitrogen and oxygen atoms in total. The second-order valence-electron chi connectivity index (χ2n) is 3.78. The zero-order chi connectivity index (χ0) is 13.4. The van der Waals surface area contributed by atoms with Crippen LogP contribution < -0.4 is 0 Å². The van der Waals surface area contributed by atoms with Crippen LogP contribution >= 0.6 is 15.9 Å². The Kier molecular flexibility index (Phi) is 23.1. The fraction of sp³-hybridized carbons (Fsp3) is 0.118. The number of fused-ring (bicyclic) bond motifs is 1. The Labute approximate surface area is 158 Å². The van der Waals surface area contributed by atoms with Crippen LogP contribution in [0.3, 0.4) is 0 Å². The van der Waals surface area contributed by atoms with Crippen molar-refractivity contribution >= 4 is 33.6 Å². The summed E-state index contributed by atoms with van der Waals surface area (Å²) in [6, 6.07) is 10.7. The first kappa shape index (κ1) is 29.7. The average Bonchev–Trinajstić information content (AvgIpc) is 3.03. The molecule has 3 rings (SSSR count). The first-order valence-corrected chi connectivity index (χ1v) is 10.5. The van der Waals surface area contributed by atoms with E-state index in [0.29, 0.717) is 0 Å². The fourth-order valence-electron chi connectivity index (χ4n) is 1.69. The summed E-state index contributed by atoms with van der Waals surface area (Å²) in [4.78, 5) is 0. The molecular weight excluding hydrogens is 441 g/mol. The van der Waals surface area contributed by atoms with Crippen molar-refractivity contribution in [1.82, 2.24) is 0 Å². The van der Waals surface area contributed by atoms with Gasteiger partial charge in [-0.05, 0) is 4.47 Å². The Bertz CT molecular complexity index is 555. The average molecular weight is 463 g/mol. The van der Waals surface area contributed by atoms with Gasteiger partial charge in [-0.2, -0.15) is 12.1 Å². The first-order chi connectivity index (χ1) is 8.77. The molecule has 0 N–H and O–H groups in total. The van der Waals surface area contributed by atoms with Gasteiger partial charge in [-0.1, -0.05) is 28.9 Å². The molecule has 0 unspecified atom stereocenters. The van der Waals surface area contributed by atoms with Crippen LogP contribution in [0.4, 0.5) is 9.41 Å². The van der Waals surface area contributed by atoms with E-state index in [1.54, 1.807) is 0 Å². The van der Waals surface area contributed by atoms with E-state index in [0.717, 1.165) is 6.42 Å². The van der Waals surface area contributed by atoms with Gasteiger partial charge in [-0.3, -0.25) is 15.5 Å². The predicted octanol–water partition coefficient (Wildman–Crippen LogP) is 5.76. The standard InChI is InChI=1S/C10H8Br.C5H5.2CH3.2FH.Si.Zr/c1-7-5-8-3-2-4-10(11)9(8)6-7;1-2-4-5-3-1;;;;;;/h2-6H,1H3;1-3H,4H2;2*1H3;2*1H;;/q4*-1;;;;. The van der Waals surface area contributed by atoms with Gasteiger partial charge in [-0.15, -0.1) is 41.0 Å². The summed E-state index contributed by atoms with van der Waals surface area (Å²) < 4.78 is 1.18. The number of rotatable bonds is 0. The van der Waals surface area contributed by atoms with Crippen molar-refractivity contribution in [1.29, 1.82) is 0 Å². The van der Waals surface area contributed by atoms with E-state index < -0.39 is 0 Å². The maximum absolute atomic E-state index is 3.51. The van der Waals surface area contributed by atoms with Crippen LogP contribution in [0, 0.1) is 27.9 Å². The van der Waals surface area contributed by atoms with Gasteiger partial charge in [0.1, 0.15) is 0 Å². The third-order valence-corrected chi connectivity index (χ3v) is 3.12. The molecule has 22 heavy (non-hydrogen) atoms. The molecule has 0 atom stereocenters. The Morgan fingerprint density at radius 2 is 1.86 bits per heavy atom. The van der Waals surface area contributed by atoms with Crippen LogP contribution in [0.2, 0.25) is 0 Å². The third-order valence-electron chi connectivity index (χ3n) is 2.43. The van der Waals surface area contributed by atoms with Crippen molar-refractivity contribution in [3.8, 4) is 0 Å². The Hall–Kier alpha value is -0.250. The van der Waals surface area contributed by atoms with E-state index in [2.05, 4.69) is 72.2 Å². The summed E-state index contributed by atoms with van der Waals surface area (Å²) in [5.41, 5.74) is 1.33. The zero-order valence-electron chi connectivity index (χ0n) is 13.0. The van der Waals surface area contributed by atoms with Gasteiger partial charge in [0.25, 0.3) is 0 Å². The van der Waals surface area contributed by atoms with Crippen LogP contribution in [0.1, 0.15) is 12.0 Å². The summed E-state index contributed by atoms with van der Waals surface area (Å²) in [6.07, 6.45) is 10.0. The van der Waals surface area contributed by atoms with Gasteiger partial charge in [0.15, 0.2) is 0 Å². The molecule has 0 aromatic heterocycles. The summed E-state index contributed by atoms with van der Waals surface area (Å²) in [5, 5.41) is 2.63. The molecule has 0 bridgehead atoms. The molecule has 122 valence electrons. The van der Waals surface area contributed by atoms with Crippen molar-refractivity contribution in [3.63, 3.8) is 0 Å². The van der Waals surface area contributed by atoms with Gasteiger partial charge in [-0.25, -0.2) is 12.2 Å². The molecule has 2 aromatic carbocycles. The minimum absolute atomic E-state index is 0. The number of benzene rings is 1. The summed E-state index contributed by atoms with van der Waals surface area (Å²) in [6.45, 7) is 5.18. The van der Waals surface area contributed by atoms with E-state index in [1.165, 1.54) is 44.1 Å². The Morgan fingerprint density at radius 3 is 2.27 bits per heavy atom. The third kappa shape index (κ3) is 9.70. The van der Waals surface area contributed by atoms with Gasteiger partial charge in [0, 0.05) is 0 Å². The molecule has 0 amide bonds. The van der Waals surface area contributed by atoms with Crippen molar-refractivity contribution in [2.24, 2.45) is 0 Å². The molecule has 0 heterocycles. The zero-order valence-corrected chi connectivity index (χ0v) is 18.1. The molecular formula is C17H21BrF2SiZr-4. The maximum atomic E-state index is 3.51. The fourth-order valence-corrected chi connectivity index (χ4v) is 2.18. The molecule has 0 saturated carbocycles. The monoisotopic (exact) mass is 460 g/mol. The van der Waals surface area contributed by atoms with Crippen molar-refractivity contribution in [3.05, 3.63) is 79.5 Å². The van der Waals surface area contributed by atoms with E-state index in [9.17, 15) is 0 Å². The van der Waals surface area contributed by atoms with E-state index in [4.69, 9.17) is 0 Å². The van der Waals surface area contributed by atoms with E-state index in [1.807, 2.05) is 12.2 Å². The molecule has 0 fully saturated rings. The van der Waals surface area contributed by atoms with Gasteiger partial charge in [0.05, 0.1) is 0 Å². The topological polar surface area (TPSA) is 0 Å². The molecule has 2 aromatic rings. The van der Waals surface area contributed by atoms with Crippen molar-refractivity contribution < 1.29 is 32.7 Å². The molecule has 0 spiro atoms. The molecule has 5 heteroatoms. The van der Waals surface area contributed by atoms with E-state index >= 15 is 0 Å². The van der Waals surface area contributed by atoms with Crippen LogP contribution in [-0.4, -0.2) is 6.88 Å².